The maximum atomic E-state index is 12.2. The number of hydrogen-bond acceptors (Lipinski definition) is 2. The predicted molar refractivity (Wildman–Crippen MR) is 73.6 cm³/mol. The third kappa shape index (κ3) is 3.10. The van der Waals surface area contributed by atoms with Gasteiger partial charge >= 0.3 is 0 Å². The van der Waals surface area contributed by atoms with Crippen LogP contribution in [0.5, 0.6) is 0 Å². The van der Waals surface area contributed by atoms with Crippen molar-refractivity contribution < 1.29 is 4.79 Å². The molecule has 2 rings (SSSR count). The number of benzene rings is 1. The van der Waals surface area contributed by atoms with Crippen LogP contribution in [0.1, 0.15) is 18.1 Å². The van der Waals surface area contributed by atoms with Crippen molar-refractivity contribution in [2.75, 3.05) is 26.7 Å². The fourth-order valence-corrected chi connectivity index (χ4v) is 2.38. The van der Waals surface area contributed by atoms with E-state index in [1.165, 1.54) is 5.56 Å². The second-order valence-corrected chi connectivity index (χ2v) is 5.34. The molecule has 1 aliphatic heterocycles. The highest BCUT2D eigenvalue weighted by Gasteiger charge is 2.24. The number of hydrogen-bond donors (Lipinski definition) is 0. The molecule has 0 radical (unpaired) electrons. The van der Waals surface area contributed by atoms with Crippen LogP contribution in [-0.2, 0) is 11.2 Å². The van der Waals surface area contributed by atoms with Crippen molar-refractivity contribution in [2.45, 2.75) is 26.3 Å². The lowest BCUT2D eigenvalue weighted by molar-refractivity contribution is -0.133. The lowest BCUT2D eigenvalue weighted by atomic mass is 10.1. The first-order valence-corrected chi connectivity index (χ1v) is 6.60. The molecule has 0 N–H and O–H groups in total. The topological polar surface area (TPSA) is 23.6 Å². The van der Waals surface area contributed by atoms with Crippen LogP contribution in [0.4, 0.5) is 0 Å². The SMILES string of the molecule is Cc1cccc(CC(=O)N2CCN(C)C(C)C2)c1. The van der Waals surface area contributed by atoms with E-state index in [1.54, 1.807) is 0 Å². The van der Waals surface area contributed by atoms with Gasteiger partial charge in [-0.1, -0.05) is 29.8 Å². The van der Waals surface area contributed by atoms with Crippen molar-refractivity contribution in [3.05, 3.63) is 35.4 Å². The van der Waals surface area contributed by atoms with Gasteiger partial charge in [-0.3, -0.25) is 4.79 Å². The van der Waals surface area contributed by atoms with Gasteiger partial charge in [0.25, 0.3) is 0 Å². The number of likely N-dealkylation sites (N-methyl/N-ethyl adjacent to an activating group) is 1. The fourth-order valence-electron chi connectivity index (χ4n) is 2.38. The lowest BCUT2D eigenvalue weighted by Gasteiger charge is -2.37. The van der Waals surface area contributed by atoms with Crippen molar-refractivity contribution in [1.82, 2.24) is 9.80 Å². The van der Waals surface area contributed by atoms with E-state index in [1.807, 2.05) is 17.0 Å². The van der Waals surface area contributed by atoms with E-state index >= 15 is 0 Å². The van der Waals surface area contributed by atoms with Crippen molar-refractivity contribution in [1.29, 1.82) is 0 Å². The second-order valence-electron chi connectivity index (χ2n) is 5.34. The zero-order chi connectivity index (χ0) is 13.1. The first kappa shape index (κ1) is 13.1. The number of nitrogens with zero attached hydrogens (tertiary/aromatic N) is 2. The Morgan fingerprint density at radius 1 is 1.39 bits per heavy atom. The molecule has 1 fully saturated rings. The monoisotopic (exact) mass is 246 g/mol. The number of piperazine rings is 1. The van der Waals surface area contributed by atoms with E-state index in [-0.39, 0.29) is 5.91 Å². The van der Waals surface area contributed by atoms with E-state index in [9.17, 15) is 4.79 Å². The molecule has 1 saturated heterocycles. The second kappa shape index (κ2) is 5.53. The molecule has 3 heteroatoms. The van der Waals surface area contributed by atoms with Crippen molar-refractivity contribution >= 4 is 5.91 Å². The molecular formula is C15H22N2O. The van der Waals surface area contributed by atoms with E-state index in [0.717, 1.165) is 25.2 Å². The van der Waals surface area contributed by atoms with E-state index in [0.29, 0.717) is 12.5 Å². The Kier molecular flexibility index (Phi) is 4.02. The van der Waals surface area contributed by atoms with Gasteiger partial charge in [0.1, 0.15) is 0 Å². The number of amides is 1. The smallest absolute Gasteiger partial charge is 0.227 e. The third-order valence-corrected chi connectivity index (χ3v) is 3.75. The lowest BCUT2D eigenvalue weighted by Crippen LogP contribution is -2.52. The van der Waals surface area contributed by atoms with Crippen LogP contribution in [0.3, 0.4) is 0 Å². The third-order valence-electron chi connectivity index (χ3n) is 3.75. The maximum Gasteiger partial charge on any atom is 0.227 e. The van der Waals surface area contributed by atoms with Gasteiger partial charge in [-0.05, 0) is 26.5 Å². The van der Waals surface area contributed by atoms with Crippen LogP contribution >= 0.6 is 0 Å². The molecule has 0 spiro atoms. The van der Waals surface area contributed by atoms with Crippen LogP contribution < -0.4 is 0 Å². The molecule has 3 nitrogen and oxygen atoms in total. The zero-order valence-electron chi connectivity index (χ0n) is 11.5. The standard InChI is InChI=1S/C15H22N2O/c1-12-5-4-6-14(9-12)10-15(18)17-8-7-16(3)13(2)11-17/h4-6,9,13H,7-8,10-11H2,1-3H3. The van der Waals surface area contributed by atoms with Gasteiger partial charge in [-0.15, -0.1) is 0 Å². The first-order valence-electron chi connectivity index (χ1n) is 6.60. The molecule has 18 heavy (non-hydrogen) atoms. The minimum Gasteiger partial charge on any atom is -0.340 e. The van der Waals surface area contributed by atoms with Gasteiger partial charge in [-0.25, -0.2) is 0 Å². The number of rotatable bonds is 2. The number of aryl methyl sites for hydroxylation is 1. The minimum absolute atomic E-state index is 0.251. The highest BCUT2D eigenvalue weighted by molar-refractivity contribution is 5.79. The average Bonchev–Trinajstić information content (AvgIpc) is 2.32. The molecule has 0 bridgehead atoms. The van der Waals surface area contributed by atoms with Gasteiger partial charge in [-0.2, -0.15) is 0 Å². The number of carbonyl (C=O) groups excluding carboxylic acids is 1. The Hall–Kier alpha value is -1.35. The maximum absolute atomic E-state index is 12.2. The van der Waals surface area contributed by atoms with Gasteiger partial charge in [0, 0.05) is 25.7 Å². The molecule has 1 heterocycles. The van der Waals surface area contributed by atoms with Crippen LogP contribution in [0, 0.1) is 6.92 Å². The molecule has 0 aliphatic carbocycles. The van der Waals surface area contributed by atoms with E-state index < -0.39 is 0 Å². The molecule has 0 saturated carbocycles. The summed E-state index contributed by atoms with van der Waals surface area (Å²) in [6.45, 7) is 6.91. The summed E-state index contributed by atoms with van der Waals surface area (Å²) in [4.78, 5) is 16.5. The van der Waals surface area contributed by atoms with Crippen LogP contribution in [-0.4, -0.2) is 48.4 Å². The van der Waals surface area contributed by atoms with Gasteiger partial charge in [0.15, 0.2) is 0 Å². The molecule has 0 aromatic heterocycles. The summed E-state index contributed by atoms with van der Waals surface area (Å²) in [5.74, 6) is 0.251. The summed E-state index contributed by atoms with van der Waals surface area (Å²) in [6, 6.07) is 8.67. The first-order chi connectivity index (χ1) is 8.56. The number of carbonyl (C=O) groups is 1. The Morgan fingerprint density at radius 3 is 2.83 bits per heavy atom. The molecule has 1 aromatic carbocycles. The molecule has 1 atom stereocenters. The fraction of sp³-hybridized carbons (Fsp3) is 0.533. The Balaban J connectivity index is 1.96. The van der Waals surface area contributed by atoms with Crippen molar-refractivity contribution in [3.63, 3.8) is 0 Å². The normalized spacial score (nSPS) is 21.1. The summed E-state index contributed by atoms with van der Waals surface area (Å²) in [5, 5.41) is 0. The van der Waals surface area contributed by atoms with Crippen molar-refractivity contribution in [3.8, 4) is 0 Å². The summed E-state index contributed by atoms with van der Waals surface area (Å²) < 4.78 is 0. The summed E-state index contributed by atoms with van der Waals surface area (Å²) in [6.07, 6.45) is 0.526. The Bertz CT molecular complexity index is 430. The Morgan fingerprint density at radius 2 is 2.17 bits per heavy atom. The highest BCUT2D eigenvalue weighted by atomic mass is 16.2. The van der Waals surface area contributed by atoms with Gasteiger partial charge in [0.05, 0.1) is 6.42 Å². The summed E-state index contributed by atoms with van der Waals surface area (Å²) >= 11 is 0. The summed E-state index contributed by atoms with van der Waals surface area (Å²) in [7, 11) is 2.12. The quantitative estimate of drug-likeness (QED) is 0.793. The van der Waals surface area contributed by atoms with Crippen molar-refractivity contribution in [2.24, 2.45) is 0 Å². The van der Waals surface area contributed by atoms with Crippen LogP contribution in [0.2, 0.25) is 0 Å². The molecule has 1 amide bonds. The van der Waals surface area contributed by atoms with Crippen LogP contribution in [0.15, 0.2) is 24.3 Å². The van der Waals surface area contributed by atoms with E-state index in [4.69, 9.17) is 0 Å². The van der Waals surface area contributed by atoms with E-state index in [2.05, 4.69) is 37.9 Å². The van der Waals surface area contributed by atoms with Gasteiger partial charge in [0.2, 0.25) is 5.91 Å². The molecular weight excluding hydrogens is 224 g/mol. The molecule has 1 aromatic rings. The molecule has 98 valence electrons. The average molecular weight is 246 g/mol. The Labute approximate surface area is 109 Å². The van der Waals surface area contributed by atoms with Crippen LogP contribution in [0.25, 0.3) is 0 Å². The summed E-state index contributed by atoms with van der Waals surface area (Å²) in [5.41, 5.74) is 2.33. The predicted octanol–water partition coefficient (Wildman–Crippen LogP) is 1.70. The highest BCUT2D eigenvalue weighted by Crippen LogP contribution is 2.11. The van der Waals surface area contributed by atoms with Gasteiger partial charge < -0.3 is 9.80 Å². The largest absolute Gasteiger partial charge is 0.340 e. The zero-order valence-corrected chi connectivity index (χ0v) is 11.5. The molecule has 1 aliphatic rings. The molecule has 1 unspecified atom stereocenters. The minimum atomic E-state index is 0.251.